The summed E-state index contributed by atoms with van der Waals surface area (Å²) >= 11 is 5.93. The summed E-state index contributed by atoms with van der Waals surface area (Å²) in [7, 11) is 4.08. The molecule has 0 bridgehead atoms. The van der Waals surface area contributed by atoms with E-state index in [-0.39, 0.29) is 6.04 Å². The first-order valence-corrected chi connectivity index (χ1v) is 10.6. The van der Waals surface area contributed by atoms with E-state index in [1.54, 1.807) is 0 Å². The molecule has 4 nitrogen and oxygen atoms in total. The van der Waals surface area contributed by atoms with Crippen molar-refractivity contribution in [2.75, 3.05) is 19.4 Å². The summed E-state index contributed by atoms with van der Waals surface area (Å²) in [5.41, 5.74) is 4.65. The molecule has 0 radical (unpaired) electrons. The molecule has 1 aliphatic rings. The number of aliphatic imine (C=N–C) groups is 1. The number of nitrogens with zero attached hydrogens (tertiary/aromatic N) is 2. The smallest absolute Gasteiger partial charge is 0.127 e. The van der Waals surface area contributed by atoms with Crippen molar-refractivity contribution >= 4 is 28.8 Å². The molecule has 30 heavy (non-hydrogen) atoms. The maximum Gasteiger partial charge on any atom is 0.127 e. The van der Waals surface area contributed by atoms with E-state index in [0.29, 0.717) is 5.02 Å². The van der Waals surface area contributed by atoms with Crippen LogP contribution >= 0.6 is 11.6 Å². The Bertz CT molecular complexity index is 1040. The van der Waals surface area contributed by atoms with Crippen LogP contribution in [0.25, 0.3) is 0 Å². The number of hydrogen-bond donors (Lipinski definition) is 1. The lowest BCUT2D eigenvalue weighted by molar-refractivity contribution is 0.482. The summed E-state index contributed by atoms with van der Waals surface area (Å²) in [5.74, 6) is 2.68. The van der Waals surface area contributed by atoms with Gasteiger partial charge in [0.15, 0.2) is 0 Å². The second-order valence-electron chi connectivity index (χ2n) is 7.67. The summed E-state index contributed by atoms with van der Waals surface area (Å²) in [4.78, 5) is 6.83. The molecule has 4 rings (SSSR count). The summed E-state index contributed by atoms with van der Waals surface area (Å²) in [6, 6.07) is 22.3. The highest BCUT2D eigenvalue weighted by atomic mass is 35.5. The molecule has 0 amide bonds. The van der Waals surface area contributed by atoms with Crippen molar-refractivity contribution in [3.8, 4) is 11.5 Å². The second-order valence-corrected chi connectivity index (χ2v) is 8.11. The molecule has 1 atom stereocenters. The van der Waals surface area contributed by atoms with Gasteiger partial charge in [0.1, 0.15) is 17.3 Å². The average molecular weight is 420 g/mol. The van der Waals surface area contributed by atoms with Crippen molar-refractivity contribution in [3.63, 3.8) is 0 Å². The van der Waals surface area contributed by atoms with Crippen LogP contribution in [0, 0.1) is 0 Å². The molecule has 3 aromatic carbocycles. The van der Waals surface area contributed by atoms with E-state index in [9.17, 15) is 0 Å². The maximum atomic E-state index is 5.93. The number of hydrogen-bond acceptors (Lipinski definition) is 4. The molecule has 0 saturated heterocycles. The fourth-order valence-corrected chi connectivity index (χ4v) is 3.67. The Morgan fingerprint density at radius 1 is 1.00 bits per heavy atom. The molecule has 3 aromatic rings. The largest absolute Gasteiger partial charge is 0.457 e. The number of fused-ring (bicyclic) bond motifs is 1. The Morgan fingerprint density at radius 2 is 1.67 bits per heavy atom. The van der Waals surface area contributed by atoms with E-state index in [1.165, 1.54) is 11.1 Å². The highest BCUT2D eigenvalue weighted by Gasteiger charge is 2.17. The van der Waals surface area contributed by atoms with E-state index in [0.717, 1.165) is 41.6 Å². The van der Waals surface area contributed by atoms with Crippen LogP contribution in [0.2, 0.25) is 5.02 Å². The van der Waals surface area contributed by atoms with Gasteiger partial charge in [-0.3, -0.25) is 0 Å². The predicted molar refractivity (Wildman–Crippen MR) is 126 cm³/mol. The SMILES string of the molecule is CCC(Nc1ccc2c(c1)N=C(N(C)C)C2)c1ccc(Oc2ccc(Cl)cc2)cc1. The molecule has 1 aliphatic heterocycles. The van der Waals surface area contributed by atoms with Crippen LogP contribution in [0.4, 0.5) is 11.4 Å². The van der Waals surface area contributed by atoms with Gasteiger partial charge < -0.3 is 15.0 Å². The molecule has 0 spiro atoms. The minimum Gasteiger partial charge on any atom is -0.457 e. The molecule has 0 aromatic heterocycles. The fourth-order valence-electron chi connectivity index (χ4n) is 3.54. The van der Waals surface area contributed by atoms with Crippen molar-refractivity contribution in [3.05, 3.63) is 82.9 Å². The molecule has 0 fully saturated rings. The first kappa shape index (κ1) is 20.3. The van der Waals surface area contributed by atoms with E-state index in [4.69, 9.17) is 21.3 Å². The zero-order valence-electron chi connectivity index (χ0n) is 17.5. The van der Waals surface area contributed by atoms with Gasteiger partial charge in [-0.1, -0.05) is 36.7 Å². The van der Waals surface area contributed by atoms with Gasteiger partial charge in [-0.15, -0.1) is 0 Å². The van der Waals surface area contributed by atoms with Gasteiger partial charge in [-0.05, 0) is 66.1 Å². The topological polar surface area (TPSA) is 36.9 Å². The van der Waals surface area contributed by atoms with Crippen molar-refractivity contribution in [2.24, 2.45) is 4.99 Å². The average Bonchev–Trinajstić information content (AvgIpc) is 3.18. The van der Waals surface area contributed by atoms with Crippen molar-refractivity contribution < 1.29 is 4.74 Å². The van der Waals surface area contributed by atoms with Gasteiger partial charge in [0.25, 0.3) is 0 Å². The normalized spacial score (nSPS) is 13.4. The minimum absolute atomic E-state index is 0.214. The van der Waals surface area contributed by atoms with Crippen molar-refractivity contribution in [2.45, 2.75) is 25.8 Å². The van der Waals surface area contributed by atoms with Crippen LogP contribution in [-0.2, 0) is 6.42 Å². The Morgan fingerprint density at radius 3 is 2.30 bits per heavy atom. The van der Waals surface area contributed by atoms with Gasteiger partial charge in [-0.25, -0.2) is 4.99 Å². The van der Waals surface area contributed by atoms with Crippen LogP contribution in [0.5, 0.6) is 11.5 Å². The quantitative estimate of drug-likeness (QED) is 0.475. The number of nitrogens with one attached hydrogen (secondary N) is 1. The maximum absolute atomic E-state index is 5.93. The Balaban J connectivity index is 1.45. The third-order valence-corrected chi connectivity index (χ3v) is 5.53. The molecule has 0 saturated carbocycles. The zero-order valence-corrected chi connectivity index (χ0v) is 18.3. The molecule has 1 heterocycles. The first-order valence-electron chi connectivity index (χ1n) is 10.2. The van der Waals surface area contributed by atoms with Gasteiger partial charge in [0, 0.05) is 31.2 Å². The first-order chi connectivity index (χ1) is 14.5. The summed E-state index contributed by atoms with van der Waals surface area (Å²) in [6.45, 7) is 2.19. The van der Waals surface area contributed by atoms with Crippen LogP contribution in [0.15, 0.2) is 71.7 Å². The molecule has 0 aliphatic carbocycles. The lowest BCUT2D eigenvalue weighted by atomic mass is 10.0. The zero-order chi connectivity index (χ0) is 21.1. The van der Waals surface area contributed by atoms with Gasteiger partial charge in [-0.2, -0.15) is 0 Å². The standard InChI is InChI=1S/C25H26ClN3O/c1-4-23(27-20-10-5-18-15-25(29(2)3)28-24(18)16-20)17-6-11-21(12-7-17)30-22-13-8-19(26)9-14-22/h5-14,16,23,27H,4,15H2,1-3H3. The van der Waals surface area contributed by atoms with Crippen LogP contribution in [0.3, 0.4) is 0 Å². The number of rotatable bonds is 6. The molecule has 5 heteroatoms. The number of likely N-dealkylation sites (N-methyl/N-ethyl adjacent to an activating group) is 1. The van der Waals surface area contributed by atoms with E-state index >= 15 is 0 Å². The minimum atomic E-state index is 0.214. The molecular weight excluding hydrogens is 394 g/mol. The van der Waals surface area contributed by atoms with Crippen molar-refractivity contribution in [1.82, 2.24) is 4.90 Å². The summed E-state index contributed by atoms with van der Waals surface area (Å²) in [5, 5.41) is 4.35. The van der Waals surface area contributed by atoms with Crippen molar-refractivity contribution in [1.29, 1.82) is 0 Å². The monoisotopic (exact) mass is 419 g/mol. The van der Waals surface area contributed by atoms with Crippen LogP contribution < -0.4 is 10.1 Å². The number of benzene rings is 3. The Labute approximate surface area is 183 Å². The molecule has 1 unspecified atom stereocenters. The van der Waals surface area contributed by atoms with E-state index in [1.807, 2.05) is 50.5 Å². The summed E-state index contributed by atoms with van der Waals surface area (Å²) in [6.07, 6.45) is 1.87. The third-order valence-electron chi connectivity index (χ3n) is 5.28. The van der Waals surface area contributed by atoms with Gasteiger partial charge in [0.2, 0.25) is 0 Å². The summed E-state index contributed by atoms with van der Waals surface area (Å²) < 4.78 is 5.90. The number of amidine groups is 1. The predicted octanol–water partition coefficient (Wildman–Crippen LogP) is 6.84. The van der Waals surface area contributed by atoms with Gasteiger partial charge in [0.05, 0.1) is 11.7 Å². The lowest BCUT2D eigenvalue weighted by Gasteiger charge is -2.19. The highest BCUT2D eigenvalue weighted by Crippen LogP contribution is 2.33. The number of halogens is 1. The van der Waals surface area contributed by atoms with Crippen LogP contribution in [-0.4, -0.2) is 24.8 Å². The van der Waals surface area contributed by atoms with Crippen LogP contribution in [0.1, 0.15) is 30.5 Å². The van der Waals surface area contributed by atoms with E-state index in [2.05, 4.69) is 47.5 Å². The lowest BCUT2D eigenvalue weighted by Crippen LogP contribution is -2.21. The highest BCUT2D eigenvalue weighted by molar-refractivity contribution is 6.30. The van der Waals surface area contributed by atoms with Gasteiger partial charge >= 0.3 is 0 Å². The molecule has 154 valence electrons. The third kappa shape index (κ3) is 4.60. The van der Waals surface area contributed by atoms with E-state index < -0.39 is 0 Å². The Kier molecular flexibility index (Phi) is 5.96. The number of ether oxygens (including phenoxy) is 1. The fraction of sp³-hybridized carbons (Fsp3) is 0.240. The molecular formula is C25H26ClN3O. The second kappa shape index (κ2) is 8.80. The molecule has 1 N–H and O–H groups in total. The number of anilines is 1. The Hall–Kier alpha value is -2.98.